The maximum absolute atomic E-state index is 5.81. The molecule has 0 atom stereocenters. The van der Waals surface area contributed by atoms with Crippen molar-refractivity contribution in [3.63, 3.8) is 0 Å². The van der Waals surface area contributed by atoms with Crippen molar-refractivity contribution in [3.8, 4) is 17.0 Å². The van der Waals surface area contributed by atoms with Crippen molar-refractivity contribution in [3.05, 3.63) is 66.6 Å². The quantitative estimate of drug-likeness (QED) is 0.449. The van der Waals surface area contributed by atoms with Crippen LogP contribution in [0.2, 0.25) is 0 Å². The van der Waals surface area contributed by atoms with Gasteiger partial charge in [0, 0.05) is 60.8 Å². The Morgan fingerprint density at radius 3 is 2.69 bits per heavy atom. The standard InChI is InChI=1S/C24H25N7O/c1-15-28-14-21(31(15)3)16-5-6-20(22(9-16)32-4)30-23-10-19-17(13-29-23)7-8-27-24(19)18(11-25)12-26-2/h5-14H,25H2,1-4H3,(H,29,30). The number of imidazole rings is 1. The number of ether oxygens (including phenoxy) is 1. The number of aryl methyl sites for hydroxylation is 1. The summed E-state index contributed by atoms with van der Waals surface area (Å²) in [5.74, 6) is 2.32. The number of benzene rings is 1. The molecule has 0 radical (unpaired) electrons. The Balaban J connectivity index is 1.72. The van der Waals surface area contributed by atoms with Crippen LogP contribution in [0, 0.1) is 6.92 Å². The molecule has 0 fully saturated rings. The van der Waals surface area contributed by atoms with E-state index in [1.54, 1.807) is 32.8 Å². The van der Waals surface area contributed by atoms with Gasteiger partial charge in [-0.25, -0.2) is 9.97 Å². The maximum Gasteiger partial charge on any atom is 0.143 e. The molecule has 3 aromatic heterocycles. The first-order chi connectivity index (χ1) is 15.5. The van der Waals surface area contributed by atoms with Crippen molar-refractivity contribution < 1.29 is 4.74 Å². The number of methoxy groups -OCH3 is 1. The molecule has 1 aromatic carbocycles. The van der Waals surface area contributed by atoms with E-state index in [4.69, 9.17) is 10.5 Å². The van der Waals surface area contributed by atoms with Gasteiger partial charge in [0.05, 0.1) is 30.4 Å². The third-order valence-corrected chi connectivity index (χ3v) is 5.35. The largest absolute Gasteiger partial charge is 0.495 e. The van der Waals surface area contributed by atoms with E-state index < -0.39 is 0 Å². The second-order valence-corrected chi connectivity index (χ2v) is 7.25. The van der Waals surface area contributed by atoms with Crippen molar-refractivity contribution in [2.45, 2.75) is 6.92 Å². The minimum atomic E-state index is 0.666. The Labute approximate surface area is 186 Å². The normalized spacial score (nSPS) is 11.9. The summed E-state index contributed by atoms with van der Waals surface area (Å²) < 4.78 is 7.69. The molecule has 32 heavy (non-hydrogen) atoms. The lowest BCUT2D eigenvalue weighted by atomic mass is 10.1. The number of fused-ring (bicyclic) bond motifs is 1. The van der Waals surface area contributed by atoms with E-state index in [1.165, 1.54) is 6.20 Å². The molecule has 0 aliphatic rings. The van der Waals surface area contributed by atoms with Gasteiger partial charge in [-0.05, 0) is 31.2 Å². The second-order valence-electron chi connectivity index (χ2n) is 7.25. The predicted octanol–water partition coefficient (Wildman–Crippen LogP) is 4.09. The van der Waals surface area contributed by atoms with Gasteiger partial charge in [0.15, 0.2) is 0 Å². The van der Waals surface area contributed by atoms with Crippen LogP contribution in [0.1, 0.15) is 11.5 Å². The van der Waals surface area contributed by atoms with Gasteiger partial charge in [-0.2, -0.15) is 0 Å². The maximum atomic E-state index is 5.81. The summed E-state index contributed by atoms with van der Waals surface area (Å²) >= 11 is 0. The van der Waals surface area contributed by atoms with Crippen LogP contribution >= 0.6 is 0 Å². The van der Waals surface area contributed by atoms with Gasteiger partial charge >= 0.3 is 0 Å². The molecule has 4 aromatic rings. The van der Waals surface area contributed by atoms with Crippen LogP contribution < -0.4 is 15.8 Å². The number of nitrogens with one attached hydrogen (secondary N) is 1. The minimum Gasteiger partial charge on any atom is -0.495 e. The summed E-state index contributed by atoms with van der Waals surface area (Å²) in [4.78, 5) is 17.5. The number of anilines is 2. The third-order valence-electron chi connectivity index (χ3n) is 5.35. The van der Waals surface area contributed by atoms with Gasteiger partial charge in [0.1, 0.15) is 17.4 Å². The molecule has 0 unspecified atom stereocenters. The molecule has 0 aliphatic carbocycles. The van der Waals surface area contributed by atoms with Gasteiger partial charge in [0.2, 0.25) is 0 Å². The first-order valence-corrected chi connectivity index (χ1v) is 10.1. The van der Waals surface area contributed by atoms with Crippen molar-refractivity contribution in [1.29, 1.82) is 0 Å². The van der Waals surface area contributed by atoms with Crippen molar-refractivity contribution in [2.24, 2.45) is 17.8 Å². The SMILES string of the molecule is CN=CC(=CN)c1nccc2cnc(Nc3ccc(-c4cnc(C)n4C)cc3OC)cc12. The number of hydrogen-bond acceptors (Lipinski definition) is 7. The Hall–Kier alpha value is -4.20. The number of nitrogens with two attached hydrogens (primary N) is 1. The predicted molar refractivity (Wildman–Crippen MR) is 129 cm³/mol. The fourth-order valence-corrected chi connectivity index (χ4v) is 3.55. The highest BCUT2D eigenvalue weighted by Crippen LogP contribution is 2.33. The summed E-state index contributed by atoms with van der Waals surface area (Å²) in [6.45, 7) is 1.97. The molecule has 8 heteroatoms. The smallest absolute Gasteiger partial charge is 0.143 e. The van der Waals surface area contributed by atoms with Crippen molar-refractivity contribution in [1.82, 2.24) is 19.5 Å². The molecule has 8 nitrogen and oxygen atoms in total. The van der Waals surface area contributed by atoms with Crippen molar-refractivity contribution in [2.75, 3.05) is 19.5 Å². The highest BCUT2D eigenvalue weighted by atomic mass is 16.5. The Bertz CT molecular complexity index is 1340. The molecule has 0 aliphatic heterocycles. The summed E-state index contributed by atoms with van der Waals surface area (Å²) in [7, 11) is 5.34. The van der Waals surface area contributed by atoms with Crippen LogP contribution in [0.4, 0.5) is 11.5 Å². The van der Waals surface area contributed by atoms with Crippen molar-refractivity contribution >= 4 is 34.1 Å². The molecule has 0 saturated carbocycles. The van der Waals surface area contributed by atoms with Crippen LogP contribution in [0.15, 0.2) is 60.1 Å². The number of rotatable bonds is 6. The second kappa shape index (κ2) is 8.89. The van der Waals surface area contributed by atoms with Crippen LogP contribution in [0.3, 0.4) is 0 Å². The van der Waals surface area contributed by atoms with Gasteiger partial charge < -0.3 is 20.4 Å². The molecule has 3 heterocycles. The highest BCUT2D eigenvalue weighted by Gasteiger charge is 2.12. The lowest BCUT2D eigenvalue weighted by molar-refractivity contribution is 0.417. The summed E-state index contributed by atoms with van der Waals surface area (Å²) in [6.07, 6.45) is 8.60. The molecule has 3 N–H and O–H groups in total. The Morgan fingerprint density at radius 2 is 2.00 bits per heavy atom. The topological polar surface area (TPSA) is 103 Å². The Kier molecular flexibility index (Phi) is 5.85. The van der Waals surface area contributed by atoms with Crippen LogP contribution in [0.5, 0.6) is 5.75 Å². The number of allylic oxidation sites excluding steroid dienone is 1. The fourth-order valence-electron chi connectivity index (χ4n) is 3.55. The van der Waals surface area contributed by atoms with E-state index >= 15 is 0 Å². The average molecular weight is 428 g/mol. The van der Waals surface area contributed by atoms with E-state index in [0.717, 1.165) is 44.8 Å². The van der Waals surface area contributed by atoms with Gasteiger partial charge in [-0.3, -0.25) is 9.98 Å². The summed E-state index contributed by atoms with van der Waals surface area (Å²) in [6, 6.07) is 9.85. The monoisotopic (exact) mass is 427 g/mol. The molecule has 0 amide bonds. The zero-order chi connectivity index (χ0) is 22.7. The summed E-state index contributed by atoms with van der Waals surface area (Å²) in [5.41, 5.74) is 10.1. The number of aliphatic imine (C=N–C) groups is 1. The van der Waals surface area contributed by atoms with Crippen LogP contribution in [0.25, 0.3) is 27.6 Å². The number of aromatic nitrogens is 4. The molecule has 162 valence electrons. The molecule has 0 spiro atoms. The van der Waals surface area contributed by atoms with Gasteiger partial charge in [-0.1, -0.05) is 6.07 Å². The van der Waals surface area contributed by atoms with Gasteiger partial charge in [0.25, 0.3) is 0 Å². The summed E-state index contributed by atoms with van der Waals surface area (Å²) in [5, 5.41) is 5.24. The zero-order valence-electron chi connectivity index (χ0n) is 18.5. The molecular weight excluding hydrogens is 402 g/mol. The Morgan fingerprint density at radius 1 is 1.16 bits per heavy atom. The van der Waals surface area contributed by atoms with E-state index in [2.05, 4.69) is 25.3 Å². The third kappa shape index (κ3) is 3.90. The first-order valence-electron chi connectivity index (χ1n) is 10.1. The van der Waals surface area contributed by atoms with E-state index in [-0.39, 0.29) is 0 Å². The van der Waals surface area contributed by atoms with E-state index in [1.807, 2.05) is 55.1 Å². The first kappa shape index (κ1) is 21.0. The fraction of sp³-hybridized carbons (Fsp3) is 0.167. The van der Waals surface area contributed by atoms with Gasteiger partial charge in [-0.15, -0.1) is 0 Å². The number of hydrogen-bond donors (Lipinski definition) is 2. The van der Waals surface area contributed by atoms with E-state index in [0.29, 0.717) is 11.6 Å². The average Bonchev–Trinajstić information content (AvgIpc) is 3.15. The molecular formula is C24H25N7O. The number of pyridine rings is 2. The minimum absolute atomic E-state index is 0.666. The lowest BCUT2D eigenvalue weighted by Crippen LogP contribution is -2.00. The molecule has 4 rings (SSSR count). The van der Waals surface area contributed by atoms with Crippen LogP contribution in [-0.2, 0) is 7.05 Å². The van der Waals surface area contributed by atoms with Crippen LogP contribution in [-0.4, -0.2) is 39.9 Å². The number of nitrogens with zero attached hydrogens (tertiary/aromatic N) is 5. The molecule has 0 saturated heterocycles. The zero-order valence-corrected chi connectivity index (χ0v) is 18.5. The highest BCUT2D eigenvalue weighted by molar-refractivity contribution is 6.13. The molecule has 0 bridgehead atoms. The van der Waals surface area contributed by atoms with E-state index in [9.17, 15) is 0 Å². The lowest BCUT2D eigenvalue weighted by Gasteiger charge is -2.14.